The van der Waals surface area contributed by atoms with Gasteiger partial charge in [-0.05, 0) is 53.1 Å². The quantitative estimate of drug-likeness (QED) is 0.625. The highest BCUT2D eigenvalue weighted by molar-refractivity contribution is 6.35. The van der Waals surface area contributed by atoms with Crippen molar-refractivity contribution in [1.82, 2.24) is 0 Å². The van der Waals surface area contributed by atoms with E-state index in [1.807, 2.05) is 12.1 Å². The van der Waals surface area contributed by atoms with Crippen molar-refractivity contribution in [3.05, 3.63) is 59.7 Å². The van der Waals surface area contributed by atoms with E-state index in [2.05, 4.69) is 18.7 Å². The molecule has 0 amide bonds. The zero-order valence-electron chi connectivity index (χ0n) is 12.8. The van der Waals surface area contributed by atoms with Crippen LogP contribution in [0.3, 0.4) is 0 Å². The fraction of sp³-hybridized carbons (Fsp3) is 0.368. The molecule has 0 spiro atoms. The molecule has 0 atom stereocenters. The number of benzene rings is 2. The maximum Gasteiger partial charge on any atom is 0.159 e. The molecule has 22 heavy (non-hydrogen) atoms. The van der Waals surface area contributed by atoms with Gasteiger partial charge in [0.25, 0.3) is 0 Å². The number of halogens is 2. The first-order valence-electron chi connectivity index (χ1n) is 7.90. The van der Waals surface area contributed by atoms with E-state index in [1.54, 1.807) is 6.07 Å². The third-order valence-electron chi connectivity index (χ3n) is 4.77. The Balaban J connectivity index is 1.74. The van der Waals surface area contributed by atoms with Crippen LogP contribution >= 0.6 is 0 Å². The minimum absolute atomic E-state index is 0.659. The Morgan fingerprint density at radius 3 is 2.05 bits per heavy atom. The third-order valence-corrected chi connectivity index (χ3v) is 6.16. The summed E-state index contributed by atoms with van der Waals surface area (Å²) in [7, 11) is 1.06. The summed E-state index contributed by atoms with van der Waals surface area (Å²) in [5, 5.41) is 0. The van der Waals surface area contributed by atoms with Crippen molar-refractivity contribution in [3.8, 4) is 11.1 Å². The van der Waals surface area contributed by atoms with Gasteiger partial charge in [0.05, 0.1) is 0 Å². The summed E-state index contributed by atoms with van der Waals surface area (Å²) in [5.74, 6) is -0.930. The lowest BCUT2D eigenvalue weighted by molar-refractivity contribution is 0.441. The summed E-state index contributed by atoms with van der Waals surface area (Å²) in [6.07, 6.45) is 5.22. The molecule has 1 saturated carbocycles. The predicted molar refractivity (Wildman–Crippen MR) is 88.4 cm³/mol. The molecular formula is C19H20F2Si. The normalized spacial score (nSPS) is 21.8. The van der Waals surface area contributed by atoms with Gasteiger partial charge in [-0.15, -0.1) is 0 Å². The second-order valence-electron chi connectivity index (χ2n) is 6.09. The molecule has 2 radical (unpaired) electrons. The van der Waals surface area contributed by atoms with Gasteiger partial charge < -0.3 is 0 Å². The monoisotopic (exact) mass is 314 g/mol. The van der Waals surface area contributed by atoms with Gasteiger partial charge in [0.1, 0.15) is 0 Å². The molecule has 3 rings (SSSR count). The third kappa shape index (κ3) is 3.30. The molecule has 0 heterocycles. The largest absolute Gasteiger partial charge is 0.204 e. The van der Waals surface area contributed by atoms with Crippen LogP contribution in [-0.4, -0.2) is 9.52 Å². The molecule has 1 aliphatic carbocycles. The van der Waals surface area contributed by atoms with Gasteiger partial charge in [0.2, 0.25) is 0 Å². The summed E-state index contributed by atoms with van der Waals surface area (Å²) in [6.45, 7) is 2.31. The molecule has 0 saturated heterocycles. The fourth-order valence-electron chi connectivity index (χ4n) is 3.34. The molecule has 2 aromatic carbocycles. The average Bonchev–Trinajstić information content (AvgIpc) is 2.58. The highest BCUT2D eigenvalue weighted by Gasteiger charge is 2.21. The summed E-state index contributed by atoms with van der Waals surface area (Å²) in [4.78, 5) is 0. The number of rotatable bonds is 3. The Labute approximate surface area is 133 Å². The standard InChI is InChI=1S/C19H20F2Si/c1-22-17-9-6-14(7-10-17)13-2-4-15(5-3-13)16-8-11-18(20)19(21)12-16/h2-5,8,11-12,14,17H,6-7,9-10H2,1H3. The Kier molecular flexibility index (Phi) is 4.72. The Morgan fingerprint density at radius 2 is 1.45 bits per heavy atom. The van der Waals surface area contributed by atoms with E-state index < -0.39 is 11.6 Å². The van der Waals surface area contributed by atoms with Crippen molar-refractivity contribution < 1.29 is 8.78 Å². The molecule has 0 aliphatic heterocycles. The van der Waals surface area contributed by atoms with Crippen LogP contribution in [0.1, 0.15) is 37.2 Å². The second-order valence-corrected chi connectivity index (χ2v) is 7.48. The molecule has 0 unspecified atom stereocenters. The van der Waals surface area contributed by atoms with Crippen LogP contribution in [0.2, 0.25) is 12.1 Å². The van der Waals surface area contributed by atoms with Crippen LogP contribution < -0.4 is 0 Å². The molecule has 1 aliphatic rings. The zero-order valence-corrected chi connectivity index (χ0v) is 13.8. The minimum Gasteiger partial charge on any atom is -0.204 e. The molecule has 0 aromatic heterocycles. The summed E-state index contributed by atoms with van der Waals surface area (Å²) in [6, 6.07) is 12.4. The first-order chi connectivity index (χ1) is 10.7. The van der Waals surface area contributed by atoms with Crippen LogP contribution in [0, 0.1) is 11.6 Å². The van der Waals surface area contributed by atoms with Crippen LogP contribution in [0.25, 0.3) is 11.1 Å². The second kappa shape index (κ2) is 6.74. The van der Waals surface area contributed by atoms with Crippen LogP contribution in [0.5, 0.6) is 0 Å². The van der Waals surface area contributed by atoms with E-state index >= 15 is 0 Å². The summed E-state index contributed by atoms with van der Waals surface area (Å²) in [5.41, 5.74) is 3.97. The van der Waals surface area contributed by atoms with E-state index in [-0.39, 0.29) is 0 Å². The molecule has 1 fully saturated rings. The van der Waals surface area contributed by atoms with Gasteiger partial charge in [-0.3, -0.25) is 0 Å². The van der Waals surface area contributed by atoms with Crippen molar-refractivity contribution >= 4 is 9.52 Å². The molecule has 0 nitrogen and oxygen atoms in total. The molecule has 0 bridgehead atoms. The Bertz CT molecular complexity index is 628. The van der Waals surface area contributed by atoms with Gasteiger partial charge in [0, 0.05) is 9.52 Å². The van der Waals surface area contributed by atoms with E-state index in [9.17, 15) is 8.78 Å². The molecule has 0 N–H and O–H groups in total. The fourth-order valence-corrected chi connectivity index (χ4v) is 4.25. The van der Waals surface area contributed by atoms with E-state index in [0.717, 1.165) is 26.2 Å². The Hall–Kier alpha value is -1.48. The van der Waals surface area contributed by atoms with Gasteiger partial charge in [0.15, 0.2) is 11.6 Å². The van der Waals surface area contributed by atoms with Crippen molar-refractivity contribution in [2.24, 2.45) is 0 Å². The summed E-state index contributed by atoms with van der Waals surface area (Å²) >= 11 is 0. The van der Waals surface area contributed by atoms with Crippen molar-refractivity contribution in [3.63, 3.8) is 0 Å². The van der Waals surface area contributed by atoms with E-state index in [4.69, 9.17) is 0 Å². The predicted octanol–water partition coefficient (Wildman–Crippen LogP) is 5.83. The van der Waals surface area contributed by atoms with Crippen molar-refractivity contribution in [1.29, 1.82) is 0 Å². The molecule has 3 heteroatoms. The average molecular weight is 314 g/mol. The molecule has 114 valence electrons. The van der Waals surface area contributed by atoms with E-state index in [0.29, 0.717) is 5.92 Å². The maximum absolute atomic E-state index is 13.3. The first kappa shape index (κ1) is 15.4. The van der Waals surface area contributed by atoms with Crippen molar-refractivity contribution in [2.45, 2.75) is 43.7 Å². The highest BCUT2D eigenvalue weighted by Crippen LogP contribution is 2.38. The minimum atomic E-state index is -0.797. The zero-order chi connectivity index (χ0) is 15.5. The van der Waals surface area contributed by atoms with Gasteiger partial charge in [-0.25, -0.2) is 8.78 Å². The highest BCUT2D eigenvalue weighted by atomic mass is 28.2. The van der Waals surface area contributed by atoms with E-state index in [1.165, 1.54) is 43.4 Å². The first-order valence-corrected chi connectivity index (χ1v) is 9.48. The SMILES string of the molecule is C[Si]C1CCC(c2ccc(-c3ccc(F)c(F)c3)cc2)CC1. The molecule has 2 aromatic rings. The lowest BCUT2D eigenvalue weighted by Crippen LogP contribution is -2.12. The maximum atomic E-state index is 13.3. The lowest BCUT2D eigenvalue weighted by Gasteiger charge is -2.28. The number of hydrogen-bond acceptors (Lipinski definition) is 0. The topological polar surface area (TPSA) is 0 Å². The molecular weight excluding hydrogens is 294 g/mol. The van der Waals surface area contributed by atoms with Crippen molar-refractivity contribution in [2.75, 3.05) is 0 Å². The lowest BCUT2D eigenvalue weighted by atomic mass is 9.83. The Morgan fingerprint density at radius 1 is 0.818 bits per heavy atom. The summed E-state index contributed by atoms with van der Waals surface area (Å²) < 4.78 is 26.3. The smallest absolute Gasteiger partial charge is 0.159 e. The van der Waals surface area contributed by atoms with Crippen LogP contribution in [0.4, 0.5) is 8.78 Å². The number of hydrogen-bond donors (Lipinski definition) is 0. The van der Waals surface area contributed by atoms with Gasteiger partial charge in [-0.2, -0.15) is 0 Å². The van der Waals surface area contributed by atoms with Gasteiger partial charge >= 0.3 is 0 Å². The van der Waals surface area contributed by atoms with Gasteiger partial charge in [-0.1, -0.05) is 49.7 Å². The van der Waals surface area contributed by atoms with Crippen LogP contribution in [0.15, 0.2) is 42.5 Å². The van der Waals surface area contributed by atoms with Crippen LogP contribution in [-0.2, 0) is 0 Å².